The Labute approximate surface area is 96.6 Å². The largest absolute Gasteiger partial charge is 0.465 e. The van der Waals surface area contributed by atoms with Crippen LogP contribution >= 0.6 is 11.6 Å². The fourth-order valence-electron chi connectivity index (χ4n) is 1.09. The number of furan rings is 1. The molecule has 0 spiro atoms. The molecule has 0 fully saturated rings. The van der Waals surface area contributed by atoms with Crippen molar-refractivity contribution < 1.29 is 23.5 Å². The normalized spacial score (nSPS) is 11.1. The summed E-state index contributed by atoms with van der Waals surface area (Å²) in [5.74, 6) is -1.30. The summed E-state index contributed by atoms with van der Waals surface area (Å²) < 4.78 is 14.0. The number of esters is 2. The van der Waals surface area contributed by atoms with E-state index in [4.69, 9.17) is 16.0 Å². The minimum atomic E-state index is -0.699. The van der Waals surface area contributed by atoms with Gasteiger partial charge < -0.3 is 13.9 Å². The summed E-state index contributed by atoms with van der Waals surface area (Å²) in [6.45, 7) is 0. The van der Waals surface area contributed by atoms with E-state index in [2.05, 4.69) is 9.47 Å². The average Bonchev–Trinajstić information content (AvgIpc) is 2.77. The van der Waals surface area contributed by atoms with Gasteiger partial charge in [0.05, 0.1) is 20.5 Å². The number of carbonyl (C=O) groups excluding carboxylic acids is 2. The van der Waals surface area contributed by atoms with E-state index in [1.54, 1.807) is 0 Å². The van der Waals surface area contributed by atoms with E-state index in [-0.39, 0.29) is 16.9 Å². The third-order valence-electron chi connectivity index (χ3n) is 1.83. The number of methoxy groups -OCH3 is 2. The van der Waals surface area contributed by atoms with Crippen molar-refractivity contribution in [1.29, 1.82) is 0 Å². The van der Waals surface area contributed by atoms with Gasteiger partial charge in [0.25, 0.3) is 0 Å². The molecule has 0 N–H and O–H groups in total. The lowest BCUT2D eigenvalue weighted by molar-refractivity contribution is -0.133. The lowest BCUT2D eigenvalue weighted by Crippen LogP contribution is -2.08. The zero-order chi connectivity index (χ0) is 12.1. The summed E-state index contributed by atoms with van der Waals surface area (Å²) in [7, 11) is 2.42. The smallest absolute Gasteiger partial charge is 0.342 e. The molecule has 0 saturated carbocycles. The fraction of sp³-hybridized carbons (Fsp3) is 0.200. The summed E-state index contributed by atoms with van der Waals surface area (Å²) in [6.07, 6.45) is 1.25. The minimum absolute atomic E-state index is 0.0219. The second kappa shape index (κ2) is 5.37. The van der Waals surface area contributed by atoms with Crippen molar-refractivity contribution in [3.8, 4) is 0 Å². The number of hydrogen-bond donors (Lipinski definition) is 0. The molecule has 6 heteroatoms. The molecule has 0 aliphatic heterocycles. The van der Waals surface area contributed by atoms with E-state index in [0.717, 1.165) is 5.54 Å². The van der Waals surface area contributed by atoms with Gasteiger partial charge in [-0.3, -0.25) is 0 Å². The summed E-state index contributed by atoms with van der Waals surface area (Å²) in [4.78, 5) is 22.6. The zero-order valence-electron chi connectivity index (χ0n) is 8.65. The Morgan fingerprint density at radius 2 is 2.06 bits per heavy atom. The van der Waals surface area contributed by atoms with Gasteiger partial charge in [-0.05, 0) is 6.07 Å². The molecule has 1 aromatic rings. The van der Waals surface area contributed by atoms with Crippen LogP contribution in [0, 0.1) is 0 Å². The van der Waals surface area contributed by atoms with E-state index in [9.17, 15) is 9.59 Å². The van der Waals surface area contributed by atoms with Crippen molar-refractivity contribution in [1.82, 2.24) is 0 Å². The van der Waals surface area contributed by atoms with Gasteiger partial charge in [0, 0.05) is 5.54 Å². The maximum Gasteiger partial charge on any atom is 0.342 e. The molecular weight excluding hydrogens is 236 g/mol. The Morgan fingerprint density at radius 3 is 2.56 bits per heavy atom. The third kappa shape index (κ3) is 2.25. The first-order valence-corrected chi connectivity index (χ1v) is 4.64. The predicted molar refractivity (Wildman–Crippen MR) is 55.9 cm³/mol. The highest BCUT2D eigenvalue weighted by Gasteiger charge is 2.23. The van der Waals surface area contributed by atoms with Crippen LogP contribution in [0.15, 0.2) is 22.3 Å². The Balaban J connectivity index is 3.17. The first kappa shape index (κ1) is 12.3. The maximum absolute atomic E-state index is 11.3. The molecule has 0 amide bonds. The molecule has 86 valence electrons. The van der Waals surface area contributed by atoms with Gasteiger partial charge >= 0.3 is 11.9 Å². The van der Waals surface area contributed by atoms with Crippen molar-refractivity contribution in [3.05, 3.63) is 29.2 Å². The molecule has 1 rings (SSSR count). The number of ether oxygens (including phenoxy) is 2. The number of carbonyl (C=O) groups is 2. The summed E-state index contributed by atoms with van der Waals surface area (Å²) >= 11 is 5.48. The third-order valence-corrected chi connectivity index (χ3v) is 2.05. The monoisotopic (exact) mass is 244 g/mol. The molecule has 0 saturated heterocycles. The molecule has 0 atom stereocenters. The van der Waals surface area contributed by atoms with Gasteiger partial charge in [-0.2, -0.15) is 0 Å². The van der Waals surface area contributed by atoms with Crippen LogP contribution in [0.2, 0.25) is 0 Å². The molecule has 0 aromatic carbocycles. The minimum Gasteiger partial charge on any atom is -0.465 e. The van der Waals surface area contributed by atoms with Crippen LogP contribution in [0.4, 0.5) is 0 Å². The Hall–Kier alpha value is -1.75. The molecule has 5 nitrogen and oxygen atoms in total. The van der Waals surface area contributed by atoms with E-state index in [1.807, 2.05) is 0 Å². The lowest BCUT2D eigenvalue weighted by Gasteiger charge is -2.03. The first-order chi connectivity index (χ1) is 7.65. The molecule has 0 bridgehead atoms. The van der Waals surface area contributed by atoms with Crippen LogP contribution in [0.3, 0.4) is 0 Å². The quantitative estimate of drug-likeness (QED) is 0.599. The Bertz CT molecular complexity index is 432. The van der Waals surface area contributed by atoms with Gasteiger partial charge in [0.1, 0.15) is 11.1 Å². The molecule has 1 aromatic heterocycles. The Morgan fingerprint density at radius 1 is 1.38 bits per heavy atom. The van der Waals surface area contributed by atoms with Crippen molar-refractivity contribution in [2.45, 2.75) is 0 Å². The van der Waals surface area contributed by atoms with Gasteiger partial charge in [-0.15, -0.1) is 0 Å². The highest BCUT2D eigenvalue weighted by molar-refractivity contribution is 6.34. The standard InChI is InChI=1S/C10H9ClO5/c1-14-9(12)6-3-4-16-8(6)7(5-11)10(13)15-2/h3-5H,1-2H3/b7-5-. The van der Waals surface area contributed by atoms with Crippen LogP contribution in [0.1, 0.15) is 16.1 Å². The van der Waals surface area contributed by atoms with Crippen molar-refractivity contribution in [2.75, 3.05) is 14.2 Å². The van der Waals surface area contributed by atoms with E-state index < -0.39 is 11.9 Å². The lowest BCUT2D eigenvalue weighted by atomic mass is 10.1. The average molecular weight is 245 g/mol. The van der Waals surface area contributed by atoms with Gasteiger partial charge in [-0.25, -0.2) is 9.59 Å². The zero-order valence-corrected chi connectivity index (χ0v) is 9.41. The van der Waals surface area contributed by atoms with Gasteiger partial charge in [-0.1, -0.05) is 11.6 Å². The maximum atomic E-state index is 11.3. The second-order valence-corrected chi connectivity index (χ2v) is 2.89. The van der Waals surface area contributed by atoms with Gasteiger partial charge in [0.2, 0.25) is 0 Å². The van der Waals surface area contributed by atoms with Crippen molar-refractivity contribution >= 4 is 29.1 Å². The molecule has 0 radical (unpaired) electrons. The van der Waals surface area contributed by atoms with Crippen molar-refractivity contribution in [2.24, 2.45) is 0 Å². The summed E-state index contributed by atoms with van der Waals surface area (Å²) in [6, 6.07) is 1.38. The molecule has 0 unspecified atom stereocenters. The van der Waals surface area contributed by atoms with E-state index in [1.165, 1.54) is 26.5 Å². The highest BCUT2D eigenvalue weighted by Crippen LogP contribution is 2.23. The van der Waals surface area contributed by atoms with Gasteiger partial charge in [0.15, 0.2) is 5.76 Å². The highest BCUT2D eigenvalue weighted by atomic mass is 35.5. The predicted octanol–water partition coefficient (Wildman–Crippen LogP) is 1.82. The van der Waals surface area contributed by atoms with Crippen LogP contribution in [-0.2, 0) is 14.3 Å². The van der Waals surface area contributed by atoms with Crippen LogP contribution in [-0.4, -0.2) is 26.2 Å². The van der Waals surface area contributed by atoms with Crippen LogP contribution in [0.5, 0.6) is 0 Å². The fourth-order valence-corrected chi connectivity index (χ4v) is 1.27. The van der Waals surface area contributed by atoms with Crippen LogP contribution in [0.25, 0.3) is 5.57 Å². The SMILES string of the molecule is COC(=O)/C(=C\Cl)c1occc1C(=O)OC. The van der Waals surface area contributed by atoms with Crippen molar-refractivity contribution in [3.63, 3.8) is 0 Å². The summed E-state index contributed by atoms with van der Waals surface area (Å²) in [5, 5.41) is 0. The number of rotatable bonds is 3. The molecule has 1 heterocycles. The van der Waals surface area contributed by atoms with E-state index >= 15 is 0 Å². The Kier molecular flexibility index (Phi) is 4.13. The number of halogens is 1. The van der Waals surface area contributed by atoms with E-state index in [0.29, 0.717) is 0 Å². The molecule has 0 aliphatic carbocycles. The summed E-state index contributed by atoms with van der Waals surface area (Å²) in [5.41, 5.74) is 1.05. The molecule has 16 heavy (non-hydrogen) atoms. The topological polar surface area (TPSA) is 65.7 Å². The first-order valence-electron chi connectivity index (χ1n) is 4.20. The van der Waals surface area contributed by atoms with Crippen LogP contribution < -0.4 is 0 Å². The molecular formula is C10H9ClO5. The number of hydrogen-bond acceptors (Lipinski definition) is 5. The second-order valence-electron chi connectivity index (χ2n) is 2.67. The molecule has 0 aliphatic rings.